The number of para-hydroxylation sites is 1. The molecule has 0 aliphatic carbocycles. The fourth-order valence-electron chi connectivity index (χ4n) is 4.25. The highest BCUT2D eigenvalue weighted by Gasteiger charge is 2.35. The van der Waals surface area contributed by atoms with Gasteiger partial charge in [0.1, 0.15) is 15.8 Å². The Labute approximate surface area is 208 Å². The van der Waals surface area contributed by atoms with Gasteiger partial charge >= 0.3 is 0 Å². The molecule has 1 atom stereocenters. The van der Waals surface area contributed by atoms with E-state index in [1.807, 2.05) is 66.3 Å². The topological polar surface area (TPSA) is 56.6 Å². The zero-order valence-electron chi connectivity index (χ0n) is 19.1. The standard InChI is InChI=1S/C26H25N3O3S2/c1-17-13-18(10-11-22(17)31-2)24-19(15-29(27-24)20-7-4-3-5-8-20)14-23-25(30)28(26(33)34-23)16-21-9-6-12-32-21/h3-5,7-8,10-11,13-15,21H,6,9,12,16H2,1-2H3. The first-order chi connectivity index (χ1) is 16.5. The van der Waals surface area contributed by atoms with E-state index < -0.39 is 0 Å². The number of ether oxygens (including phenoxy) is 2. The molecule has 2 fully saturated rings. The van der Waals surface area contributed by atoms with E-state index in [0.29, 0.717) is 15.8 Å². The quantitative estimate of drug-likeness (QED) is 0.347. The van der Waals surface area contributed by atoms with Crippen LogP contribution in [0, 0.1) is 6.92 Å². The molecular formula is C26H25N3O3S2. The molecule has 1 amide bonds. The average molecular weight is 492 g/mol. The third-order valence-corrected chi connectivity index (χ3v) is 7.38. The van der Waals surface area contributed by atoms with E-state index in [9.17, 15) is 4.79 Å². The number of benzene rings is 2. The van der Waals surface area contributed by atoms with E-state index in [-0.39, 0.29) is 12.0 Å². The number of carbonyl (C=O) groups excluding carboxylic acids is 1. The summed E-state index contributed by atoms with van der Waals surface area (Å²) in [6.07, 6.45) is 5.90. The summed E-state index contributed by atoms with van der Waals surface area (Å²) in [4.78, 5) is 15.5. The molecule has 0 spiro atoms. The molecule has 0 bridgehead atoms. The fraction of sp³-hybridized carbons (Fsp3) is 0.269. The number of aryl methyl sites for hydroxylation is 1. The van der Waals surface area contributed by atoms with E-state index in [1.165, 1.54) is 11.8 Å². The molecule has 2 saturated heterocycles. The maximum absolute atomic E-state index is 13.2. The summed E-state index contributed by atoms with van der Waals surface area (Å²) < 4.78 is 13.6. The summed E-state index contributed by atoms with van der Waals surface area (Å²) in [5, 5.41) is 4.88. The second-order valence-electron chi connectivity index (χ2n) is 8.32. The Morgan fingerprint density at radius 3 is 2.79 bits per heavy atom. The Kier molecular flexibility index (Phi) is 6.54. The third kappa shape index (κ3) is 4.53. The van der Waals surface area contributed by atoms with Gasteiger partial charge in [0.05, 0.1) is 30.4 Å². The zero-order valence-corrected chi connectivity index (χ0v) is 20.7. The lowest BCUT2D eigenvalue weighted by atomic mass is 10.0. The summed E-state index contributed by atoms with van der Waals surface area (Å²) in [5.41, 5.74) is 4.56. The number of aromatic nitrogens is 2. The molecule has 3 heterocycles. The SMILES string of the molecule is COc1ccc(-c2nn(-c3ccccc3)cc2C=C2SC(=S)N(CC3CCCO3)C2=O)cc1C. The van der Waals surface area contributed by atoms with Crippen LogP contribution in [0.2, 0.25) is 0 Å². The van der Waals surface area contributed by atoms with E-state index in [4.69, 9.17) is 26.8 Å². The van der Waals surface area contributed by atoms with Crippen LogP contribution >= 0.6 is 24.0 Å². The van der Waals surface area contributed by atoms with E-state index in [2.05, 4.69) is 6.07 Å². The third-order valence-electron chi connectivity index (χ3n) is 6.00. The van der Waals surface area contributed by atoms with Gasteiger partial charge in [-0.15, -0.1) is 0 Å². The van der Waals surface area contributed by atoms with E-state index >= 15 is 0 Å². The molecule has 6 nitrogen and oxygen atoms in total. The van der Waals surface area contributed by atoms with Crippen LogP contribution in [-0.4, -0.2) is 51.3 Å². The lowest BCUT2D eigenvalue weighted by Crippen LogP contribution is -2.35. The van der Waals surface area contributed by atoms with Crippen LogP contribution in [0.1, 0.15) is 24.0 Å². The minimum Gasteiger partial charge on any atom is -0.496 e. The van der Waals surface area contributed by atoms with Crippen LogP contribution in [0.3, 0.4) is 0 Å². The van der Waals surface area contributed by atoms with Gasteiger partial charge in [0.25, 0.3) is 5.91 Å². The molecule has 34 heavy (non-hydrogen) atoms. The fourth-order valence-corrected chi connectivity index (χ4v) is 5.51. The van der Waals surface area contributed by atoms with Crippen molar-refractivity contribution in [2.75, 3.05) is 20.3 Å². The van der Waals surface area contributed by atoms with E-state index in [0.717, 1.165) is 53.3 Å². The van der Waals surface area contributed by atoms with Crippen LogP contribution in [-0.2, 0) is 9.53 Å². The first-order valence-electron chi connectivity index (χ1n) is 11.2. The van der Waals surface area contributed by atoms with Crippen LogP contribution in [0.15, 0.2) is 59.6 Å². The predicted octanol–water partition coefficient (Wildman–Crippen LogP) is 5.24. The summed E-state index contributed by atoms with van der Waals surface area (Å²) in [6, 6.07) is 15.9. The van der Waals surface area contributed by atoms with Gasteiger partial charge in [0.15, 0.2) is 0 Å². The van der Waals surface area contributed by atoms with Gasteiger partial charge in [0, 0.05) is 23.9 Å². The van der Waals surface area contributed by atoms with Crippen molar-refractivity contribution in [1.82, 2.24) is 14.7 Å². The van der Waals surface area contributed by atoms with E-state index in [1.54, 1.807) is 12.0 Å². The largest absolute Gasteiger partial charge is 0.496 e. The molecule has 0 saturated carbocycles. The van der Waals surface area contributed by atoms with Crippen molar-refractivity contribution in [2.45, 2.75) is 25.9 Å². The van der Waals surface area contributed by atoms with Gasteiger partial charge in [0.2, 0.25) is 0 Å². The van der Waals surface area contributed by atoms with Crippen LogP contribution in [0.25, 0.3) is 23.0 Å². The lowest BCUT2D eigenvalue weighted by molar-refractivity contribution is -0.123. The van der Waals surface area contributed by atoms with Crippen LogP contribution in [0.4, 0.5) is 0 Å². The highest BCUT2D eigenvalue weighted by atomic mass is 32.2. The van der Waals surface area contributed by atoms with Gasteiger partial charge < -0.3 is 9.47 Å². The molecule has 2 aliphatic heterocycles. The number of methoxy groups -OCH3 is 1. The molecule has 0 N–H and O–H groups in total. The van der Waals surface area contributed by atoms with Crippen molar-refractivity contribution in [3.05, 3.63) is 70.8 Å². The summed E-state index contributed by atoms with van der Waals surface area (Å²) in [7, 11) is 1.66. The summed E-state index contributed by atoms with van der Waals surface area (Å²) in [6.45, 7) is 3.26. The zero-order chi connectivity index (χ0) is 23.7. The second kappa shape index (κ2) is 9.74. The molecule has 2 aliphatic rings. The number of thioether (sulfide) groups is 1. The van der Waals surface area contributed by atoms with Crippen molar-refractivity contribution in [3.8, 4) is 22.7 Å². The number of hydrogen-bond donors (Lipinski definition) is 0. The van der Waals surface area contributed by atoms with Crippen molar-refractivity contribution in [2.24, 2.45) is 0 Å². The first kappa shape index (κ1) is 22.8. The van der Waals surface area contributed by atoms with Crippen LogP contribution in [0.5, 0.6) is 5.75 Å². The molecule has 174 valence electrons. The predicted molar refractivity (Wildman–Crippen MR) is 139 cm³/mol. The number of rotatable bonds is 6. The molecule has 1 aromatic heterocycles. The second-order valence-corrected chi connectivity index (χ2v) is 10.0. The number of thiocarbonyl (C=S) groups is 1. The Hall–Kier alpha value is -2.94. The summed E-state index contributed by atoms with van der Waals surface area (Å²) in [5.74, 6) is 0.748. The van der Waals surface area contributed by atoms with Gasteiger partial charge in [-0.1, -0.05) is 42.2 Å². The number of carbonyl (C=O) groups is 1. The molecule has 2 aromatic carbocycles. The Balaban J connectivity index is 1.53. The maximum atomic E-state index is 13.2. The smallest absolute Gasteiger partial charge is 0.266 e. The van der Waals surface area contributed by atoms with Crippen LogP contribution < -0.4 is 4.74 Å². The number of nitrogens with zero attached hydrogens (tertiary/aromatic N) is 3. The van der Waals surface area contributed by atoms with Gasteiger partial charge in [-0.05, 0) is 61.7 Å². The highest BCUT2D eigenvalue weighted by molar-refractivity contribution is 8.26. The summed E-state index contributed by atoms with van der Waals surface area (Å²) >= 11 is 6.87. The molecule has 8 heteroatoms. The molecule has 3 aromatic rings. The van der Waals surface area contributed by atoms with Crippen molar-refractivity contribution in [1.29, 1.82) is 0 Å². The monoisotopic (exact) mass is 491 g/mol. The molecule has 5 rings (SSSR count). The van der Waals surface area contributed by atoms with Gasteiger partial charge in [-0.2, -0.15) is 5.10 Å². The maximum Gasteiger partial charge on any atom is 0.266 e. The molecule has 0 radical (unpaired) electrons. The minimum atomic E-state index is -0.0742. The van der Waals surface area contributed by atoms with Crippen molar-refractivity contribution in [3.63, 3.8) is 0 Å². The molecule has 1 unspecified atom stereocenters. The first-order valence-corrected chi connectivity index (χ1v) is 12.4. The highest BCUT2D eigenvalue weighted by Crippen LogP contribution is 2.36. The van der Waals surface area contributed by atoms with Crippen molar-refractivity contribution < 1.29 is 14.3 Å². The van der Waals surface area contributed by atoms with Crippen molar-refractivity contribution >= 4 is 40.3 Å². The number of amides is 1. The minimum absolute atomic E-state index is 0.0560. The normalized spacial score (nSPS) is 19.4. The average Bonchev–Trinajstić information content (AvgIpc) is 3.57. The molecular weight excluding hydrogens is 466 g/mol. The van der Waals surface area contributed by atoms with Gasteiger partial charge in [-0.25, -0.2) is 4.68 Å². The van der Waals surface area contributed by atoms with Gasteiger partial charge in [-0.3, -0.25) is 9.69 Å². The Morgan fingerprint density at radius 2 is 2.09 bits per heavy atom. The Bertz CT molecular complexity index is 1260. The lowest BCUT2D eigenvalue weighted by Gasteiger charge is -2.18. The Morgan fingerprint density at radius 1 is 1.26 bits per heavy atom. The number of hydrogen-bond acceptors (Lipinski definition) is 6.